The standard InChI is InChI=1S/C30H30N2O7/c1-5-38-23-13-14-24(25(17-23)39-6-2)28(34)26-27(19-9-7-12-22(15-19)37-4)32(30(36)29(26)35)21-11-8-10-20(16-21)31-18(3)33/h7-17,27,34H,5-6H2,1-4H3,(H,31,33)/b28-26-. The smallest absolute Gasteiger partial charge is 0.300 e. The molecular formula is C30H30N2O7. The van der Waals surface area contributed by atoms with Crippen LogP contribution in [0.3, 0.4) is 0 Å². The first-order valence-electron chi connectivity index (χ1n) is 12.5. The molecule has 1 saturated heterocycles. The third-order valence-corrected chi connectivity index (χ3v) is 6.12. The zero-order valence-electron chi connectivity index (χ0n) is 22.2. The minimum Gasteiger partial charge on any atom is -0.507 e. The van der Waals surface area contributed by atoms with E-state index in [9.17, 15) is 19.5 Å². The lowest BCUT2D eigenvalue weighted by Crippen LogP contribution is -2.29. The molecule has 1 atom stereocenters. The number of hydrogen-bond donors (Lipinski definition) is 2. The van der Waals surface area contributed by atoms with Gasteiger partial charge in [-0.25, -0.2) is 0 Å². The van der Waals surface area contributed by atoms with Gasteiger partial charge in [0.2, 0.25) is 5.91 Å². The van der Waals surface area contributed by atoms with Crippen molar-refractivity contribution in [1.82, 2.24) is 0 Å². The monoisotopic (exact) mass is 530 g/mol. The van der Waals surface area contributed by atoms with Gasteiger partial charge in [-0.3, -0.25) is 19.3 Å². The highest BCUT2D eigenvalue weighted by Crippen LogP contribution is 2.44. The van der Waals surface area contributed by atoms with Crippen LogP contribution in [0.1, 0.15) is 37.9 Å². The van der Waals surface area contributed by atoms with Crippen LogP contribution in [-0.4, -0.2) is 43.0 Å². The van der Waals surface area contributed by atoms with E-state index in [0.29, 0.717) is 47.4 Å². The molecule has 1 aliphatic heterocycles. The van der Waals surface area contributed by atoms with Crippen molar-refractivity contribution in [2.24, 2.45) is 0 Å². The number of Topliss-reactive ketones (excluding diaryl/α,β-unsaturated/α-hetero) is 1. The number of aliphatic hydroxyl groups is 1. The molecule has 1 unspecified atom stereocenters. The van der Waals surface area contributed by atoms with Crippen molar-refractivity contribution >= 4 is 34.7 Å². The molecule has 3 aromatic rings. The van der Waals surface area contributed by atoms with Gasteiger partial charge in [-0.05, 0) is 61.9 Å². The van der Waals surface area contributed by atoms with Gasteiger partial charge in [0.25, 0.3) is 11.7 Å². The van der Waals surface area contributed by atoms with Crippen LogP contribution in [0.2, 0.25) is 0 Å². The Morgan fingerprint density at radius 3 is 2.38 bits per heavy atom. The number of anilines is 2. The van der Waals surface area contributed by atoms with Gasteiger partial charge in [0.15, 0.2) is 0 Å². The number of methoxy groups -OCH3 is 1. The molecule has 9 nitrogen and oxygen atoms in total. The molecule has 202 valence electrons. The fraction of sp³-hybridized carbons (Fsp3) is 0.233. The molecule has 0 aliphatic carbocycles. The fourth-order valence-corrected chi connectivity index (χ4v) is 4.54. The van der Waals surface area contributed by atoms with Crippen LogP contribution >= 0.6 is 0 Å². The average Bonchev–Trinajstić information content (AvgIpc) is 3.19. The number of rotatable bonds is 9. The van der Waals surface area contributed by atoms with Crippen molar-refractivity contribution in [3.63, 3.8) is 0 Å². The Balaban J connectivity index is 1.94. The number of ether oxygens (including phenoxy) is 3. The second-order valence-corrected chi connectivity index (χ2v) is 8.70. The summed E-state index contributed by atoms with van der Waals surface area (Å²) in [5.74, 6) is -0.983. The van der Waals surface area contributed by atoms with Crippen LogP contribution in [0.15, 0.2) is 72.3 Å². The lowest BCUT2D eigenvalue weighted by atomic mass is 9.94. The van der Waals surface area contributed by atoms with E-state index in [1.54, 1.807) is 73.7 Å². The van der Waals surface area contributed by atoms with E-state index in [4.69, 9.17) is 14.2 Å². The quantitative estimate of drug-likeness (QED) is 0.225. The molecule has 0 bridgehead atoms. The largest absolute Gasteiger partial charge is 0.507 e. The highest BCUT2D eigenvalue weighted by Gasteiger charge is 2.47. The van der Waals surface area contributed by atoms with E-state index in [0.717, 1.165) is 0 Å². The number of carbonyl (C=O) groups excluding carboxylic acids is 3. The predicted octanol–water partition coefficient (Wildman–Crippen LogP) is 5.08. The molecular weight excluding hydrogens is 500 g/mol. The summed E-state index contributed by atoms with van der Waals surface area (Å²) in [6.45, 7) is 5.77. The Hall–Kier alpha value is -4.79. The third kappa shape index (κ3) is 5.57. The van der Waals surface area contributed by atoms with E-state index in [1.165, 1.54) is 18.9 Å². The third-order valence-electron chi connectivity index (χ3n) is 6.12. The van der Waals surface area contributed by atoms with Crippen LogP contribution in [-0.2, 0) is 14.4 Å². The number of nitrogens with zero attached hydrogens (tertiary/aromatic N) is 1. The summed E-state index contributed by atoms with van der Waals surface area (Å²) in [6, 6.07) is 17.4. The molecule has 39 heavy (non-hydrogen) atoms. The van der Waals surface area contributed by atoms with Crippen LogP contribution in [0.25, 0.3) is 5.76 Å². The van der Waals surface area contributed by atoms with Gasteiger partial charge in [0.1, 0.15) is 23.0 Å². The zero-order valence-corrected chi connectivity index (χ0v) is 22.2. The maximum Gasteiger partial charge on any atom is 0.300 e. The van der Waals surface area contributed by atoms with Gasteiger partial charge < -0.3 is 24.6 Å². The Bertz CT molecular complexity index is 1450. The minimum absolute atomic E-state index is 0.108. The molecule has 0 aromatic heterocycles. The number of nitrogens with one attached hydrogen (secondary N) is 1. The van der Waals surface area contributed by atoms with Gasteiger partial charge in [0.05, 0.1) is 37.5 Å². The van der Waals surface area contributed by atoms with Gasteiger partial charge >= 0.3 is 0 Å². The Morgan fingerprint density at radius 2 is 1.69 bits per heavy atom. The maximum atomic E-state index is 13.6. The Labute approximate surface area is 226 Å². The van der Waals surface area contributed by atoms with Crippen molar-refractivity contribution in [3.05, 3.63) is 83.4 Å². The molecule has 0 spiro atoms. The first-order valence-corrected chi connectivity index (χ1v) is 12.5. The second kappa shape index (κ2) is 11.7. The van der Waals surface area contributed by atoms with Crippen LogP contribution in [0.5, 0.6) is 17.2 Å². The highest BCUT2D eigenvalue weighted by atomic mass is 16.5. The van der Waals surface area contributed by atoms with Crippen molar-refractivity contribution in [2.75, 3.05) is 30.5 Å². The van der Waals surface area contributed by atoms with E-state index < -0.39 is 17.7 Å². The van der Waals surface area contributed by atoms with Crippen LogP contribution < -0.4 is 24.4 Å². The number of carbonyl (C=O) groups is 3. The van der Waals surface area contributed by atoms with Gasteiger partial charge in [-0.2, -0.15) is 0 Å². The highest BCUT2D eigenvalue weighted by molar-refractivity contribution is 6.51. The molecule has 4 rings (SSSR count). The molecule has 0 saturated carbocycles. The number of benzene rings is 3. The van der Waals surface area contributed by atoms with Gasteiger partial charge in [-0.1, -0.05) is 18.2 Å². The van der Waals surface area contributed by atoms with Crippen molar-refractivity contribution in [2.45, 2.75) is 26.8 Å². The molecule has 0 radical (unpaired) electrons. The number of aliphatic hydroxyl groups excluding tert-OH is 1. The summed E-state index contributed by atoms with van der Waals surface area (Å²) in [4.78, 5) is 40.1. The summed E-state index contributed by atoms with van der Waals surface area (Å²) in [5, 5.41) is 14.3. The number of amides is 2. The molecule has 2 N–H and O–H groups in total. The van der Waals surface area contributed by atoms with Crippen molar-refractivity contribution in [3.8, 4) is 17.2 Å². The normalized spacial score (nSPS) is 16.2. The summed E-state index contributed by atoms with van der Waals surface area (Å²) in [6.07, 6.45) is 0. The Morgan fingerprint density at radius 1 is 0.949 bits per heavy atom. The zero-order chi connectivity index (χ0) is 28.1. The molecule has 1 aliphatic rings. The minimum atomic E-state index is -0.992. The van der Waals surface area contributed by atoms with Crippen LogP contribution in [0.4, 0.5) is 11.4 Å². The van der Waals surface area contributed by atoms with E-state index in [-0.39, 0.29) is 22.8 Å². The number of ketones is 1. The molecule has 1 fully saturated rings. The predicted molar refractivity (Wildman–Crippen MR) is 147 cm³/mol. The fourth-order valence-electron chi connectivity index (χ4n) is 4.54. The van der Waals surface area contributed by atoms with Crippen molar-refractivity contribution < 1.29 is 33.7 Å². The van der Waals surface area contributed by atoms with E-state index >= 15 is 0 Å². The number of hydrogen-bond acceptors (Lipinski definition) is 7. The molecule has 2 amide bonds. The SMILES string of the molecule is CCOc1ccc(/C(O)=C2/C(=O)C(=O)N(c3cccc(NC(C)=O)c3)C2c2cccc(OC)c2)c(OCC)c1. The summed E-state index contributed by atoms with van der Waals surface area (Å²) < 4.78 is 16.7. The summed E-state index contributed by atoms with van der Waals surface area (Å²) in [5.41, 5.74) is 1.51. The van der Waals surface area contributed by atoms with E-state index in [1.807, 2.05) is 6.92 Å². The lowest BCUT2D eigenvalue weighted by molar-refractivity contribution is -0.132. The Kier molecular flexibility index (Phi) is 8.19. The second-order valence-electron chi connectivity index (χ2n) is 8.70. The first kappa shape index (κ1) is 27.3. The van der Waals surface area contributed by atoms with Crippen LogP contribution in [0, 0.1) is 0 Å². The van der Waals surface area contributed by atoms with Gasteiger partial charge in [0, 0.05) is 24.4 Å². The lowest BCUT2D eigenvalue weighted by Gasteiger charge is -2.26. The average molecular weight is 531 g/mol. The molecule has 3 aromatic carbocycles. The first-order chi connectivity index (χ1) is 18.8. The maximum absolute atomic E-state index is 13.6. The molecule has 9 heteroatoms. The topological polar surface area (TPSA) is 114 Å². The van der Waals surface area contributed by atoms with E-state index in [2.05, 4.69) is 5.32 Å². The summed E-state index contributed by atoms with van der Waals surface area (Å²) >= 11 is 0. The molecule has 1 heterocycles. The van der Waals surface area contributed by atoms with Gasteiger partial charge in [-0.15, -0.1) is 0 Å². The van der Waals surface area contributed by atoms with Crippen molar-refractivity contribution in [1.29, 1.82) is 0 Å². The summed E-state index contributed by atoms with van der Waals surface area (Å²) in [7, 11) is 1.52.